The van der Waals surface area contributed by atoms with E-state index in [1.165, 1.54) is 6.92 Å². The Hall–Kier alpha value is -1.06. The van der Waals surface area contributed by atoms with E-state index in [2.05, 4.69) is 0 Å². The van der Waals surface area contributed by atoms with Gasteiger partial charge in [-0.1, -0.05) is 6.92 Å². The zero-order valence-electron chi connectivity index (χ0n) is 5.62. The highest BCUT2D eigenvalue weighted by molar-refractivity contribution is 5.68. The van der Waals surface area contributed by atoms with Crippen LogP contribution in [-0.4, -0.2) is 11.9 Å². The van der Waals surface area contributed by atoms with E-state index in [-0.39, 0.29) is 12.8 Å². The molecule has 0 bridgehead atoms. The van der Waals surface area contributed by atoms with Crippen LogP contribution in [-0.2, 0) is 9.59 Å². The summed E-state index contributed by atoms with van der Waals surface area (Å²) < 4.78 is 0. The van der Waals surface area contributed by atoms with Crippen LogP contribution in [0.3, 0.4) is 0 Å². The van der Waals surface area contributed by atoms with Crippen molar-refractivity contribution in [2.45, 2.75) is 19.8 Å². The van der Waals surface area contributed by atoms with E-state index < -0.39 is 17.9 Å². The van der Waals surface area contributed by atoms with Gasteiger partial charge in [0.25, 0.3) is 0 Å². The van der Waals surface area contributed by atoms with Crippen molar-refractivity contribution in [2.75, 3.05) is 0 Å². The Bertz CT molecular complexity index is 125. The average Bonchev–Trinajstić information content (AvgIpc) is 1.58. The fourth-order valence-electron chi connectivity index (χ4n) is 0.641. The number of carbonyl (C=O) groups excluding carboxylic acids is 2. The number of hydrogen-bond donors (Lipinski definition) is 0. The van der Waals surface area contributed by atoms with Crippen molar-refractivity contribution in [3.8, 4) is 0 Å². The van der Waals surface area contributed by atoms with Crippen LogP contribution in [0.2, 0.25) is 0 Å². The molecule has 0 aromatic heterocycles. The maximum atomic E-state index is 9.87. The minimum absolute atomic E-state index is 0.228. The first-order chi connectivity index (χ1) is 4.52. The Balaban J connectivity index is 3.53. The molecular weight excluding hydrogens is 136 g/mol. The second kappa shape index (κ2) is 3.87. The van der Waals surface area contributed by atoms with E-state index in [4.69, 9.17) is 0 Å². The van der Waals surface area contributed by atoms with Crippen LogP contribution >= 0.6 is 0 Å². The molecule has 0 heterocycles. The molecule has 0 radical (unpaired) electrons. The van der Waals surface area contributed by atoms with Gasteiger partial charge in [-0.05, 0) is 18.8 Å². The zero-order chi connectivity index (χ0) is 8.15. The molecule has 4 nitrogen and oxygen atoms in total. The molecule has 0 aromatic carbocycles. The third kappa shape index (κ3) is 5.08. The summed E-state index contributed by atoms with van der Waals surface area (Å²) in [7, 11) is 0. The van der Waals surface area contributed by atoms with E-state index in [0.29, 0.717) is 0 Å². The second-order valence-electron chi connectivity index (χ2n) is 2.26. The summed E-state index contributed by atoms with van der Waals surface area (Å²) in [5.41, 5.74) is 0. The molecule has 10 heavy (non-hydrogen) atoms. The smallest absolute Gasteiger partial charge is 0.0417 e. The molecule has 58 valence electrons. The first-order valence-electron chi connectivity index (χ1n) is 2.92. The summed E-state index contributed by atoms with van der Waals surface area (Å²) in [6, 6.07) is 0. The van der Waals surface area contributed by atoms with Gasteiger partial charge in [-0.3, -0.25) is 0 Å². The fourth-order valence-corrected chi connectivity index (χ4v) is 0.641. The molecule has 0 amide bonds. The van der Waals surface area contributed by atoms with Gasteiger partial charge in [0.05, 0.1) is 0 Å². The third-order valence-electron chi connectivity index (χ3n) is 1.03. The third-order valence-corrected chi connectivity index (χ3v) is 1.03. The molecule has 0 saturated carbocycles. The second-order valence-corrected chi connectivity index (χ2v) is 2.26. The lowest BCUT2D eigenvalue weighted by atomic mass is 10.1. The first kappa shape index (κ1) is 8.94. The molecule has 0 unspecified atom stereocenters. The molecule has 0 aliphatic carbocycles. The number of rotatable bonds is 4. The Morgan fingerprint density at radius 1 is 1.20 bits per heavy atom. The Morgan fingerprint density at radius 2 is 1.50 bits per heavy atom. The molecule has 0 N–H and O–H groups in total. The quantitative estimate of drug-likeness (QED) is 0.452. The van der Waals surface area contributed by atoms with E-state index in [1.54, 1.807) is 0 Å². The van der Waals surface area contributed by atoms with E-state index in [9.17, 15) is 19.8 Å². The van der Waals surface area contributed by atoms with Crippen molar-refractivity contribution in [2.24, 2.45) is 5.92 Å². The van der Waals surface area contributed by atoms with Crippen molar-refractivity contribution < 1.29 is 19.8 Å². The normalized spacial score (nSPS) is 9.80. The van der Waals surface area contributed by atoms with Gasteiger partial charge < -0.3 is 19.8 Å². The van der Waals surface area contributed by atoms with Gasteiger partial charge in [0.2, 0.25) is 0 Å². The molecule has 0 aliphatic rings. The zero-order valence-corrected chi connectivity index (χ0v) is 5.62. The summed E-state index contributed by atoms with van der Waals surface area (Å²) >= 11 is 0. The summed E-state index contributed by atoms with van der Waals surface area (Å²) in [6.07, 6.45) is -0.456. The van der Waals surface area contributed by atoms with Crippen molar-refractivity contribution in [1.82, 2.24) is 0 Å². The van der Waals surface area contributed by atoms with Crippen molar-refractivity contribution >= 4 is 11.9 Å². The summed E-state index contributed by atoms with van der Waals surface area (Å²) in [4.78, 5) is 19.7. The van der Waals surface area contributed by atoms with Gasteiger partial charge >= 0.3 is 0 Å². The molecule has 0 aliphatic heterocycles. The van der Waals surface area contributed by atoms with E-state index >= 15 is 0 Å². The minimum atomic E-state index is -1.23. The molecule has 0 saturated heterocycles. The highest BCUT2D eigenvalue weighted by Gasteiger charge is 2.01. The van der Waals surface area contributed by atoms with Crippen LogP contribution in [0.25, 0.3) is 0 Å². The summed E-state index contributed by atoms with van der Waals surface area (Å²) in [5.74, 6) is -2.86. The van der Waals surface area contributed by atoms with Crippen LogP contribution in [0.1, 0.15) is 19.8 Å². The Morgan fingerprint density at radius 3 is 1.70 bits per heavy atom. The van der Waals surface area contributed by atoms with Gasteiger partial charge in [-0.2, -0.15) is 0 Å². The molecule has 0 atom stereocenters. The first-order valence-corrected chi connectivity index (χ1v) is 2.92. The van der Waals surface area contributed by atoms with Crippen LogP contribution in [0.15, 0.2) is 0 Å². The number of aliphatic carboxylic acids is 2. The lowest BCUT2D eigenvalue weighted by Crippen LogP contribution is -2.29. The van der Waals surface area contributed by atoms with Crippen LogP contribution in [0.4, 0.5) is 0 Å². The molecule has 4 heteroatoms. The fraction of sp³-hybridized carbons (Fsp3) is 0.667. The predicted octanol–water partition coefficient (Wildman–Crippen LogP) is -2.10. The highest BCUT2D eigenvalue weighted by atomic mass is 16.4. The van der Waals surface area contributed by atoms with Crippen molar-refractivity contribution in [3.05, 3.63) is 0 Å². The maximum Gasteiger partial charge on any atom is 0.0417 e. The Kier molecular flexibility index (Phi) is 3.46. The van der Waals surface area contributed by atoms with Gasteiger partial charge in [0.15, 0.2) is 0 Å². The molecule has 0 rings (SSSR count). The predicted molar refractivity (Wildman–Crippen MR) is 28.4 cm³/mol. The molecule has 0 spiro atoms. The molecule has 0 fully saturated rings. The Labute approximate surface area is 58.5 Å². The number of carbonyl (C=O) groups is 2. The van der Waals surface area contributed by atoms with Gasteiger partial charge in [-0.25, -0.2) is 0 Å². The monoisotopic (exact) mass is 144 g/mol. The van der Waals surface area contributed by atoms with E-state index in [1.807, 2.05) is 0 Å². The van der Waals surface area contributed by atoms with E-state index in [0.717, 1.165) is 0 Å². The van der Waals surface area contributed by atoms with Gasteiger partial charge in [0.1, 0.15) is 0 Å². The minimum Gasteiger partial charge on any atom is -0.550 e. The van der Waals surface area contributed by atoms with Crippen LogP contribution in [0.5, 0.6) is 0 Å². The number of carboxylic acid groups (broad SMARTS) is 2. The van der Waals surface area contributed by atoms with Crippen LogP contribution in [0, 0.1) is 5.92 Å². The SMILES string of the molecule is CC(CC(=O)[O-])CC(=O)[O-]. The lowest BCUT2D eigenvalue weighted by Gasteiger charge is -2.11. The number of carboxylic acids is 2. The average molecular weight is 144 g/mol. The molecular formula is C6H8O4-2. The molecule has 0 aromatic rings. The van der Waals surface area contributed by atoms with Crippen LogP contribution < -0.4 is 10.2 Å². The lowest BCUT2D eigenvalue weighted by molar-refractivity contribution is -0.309. The maximum absolute atomic E-state index is 9.87. The van der Waals surface area contributed by atoms with Gasteiger partial charge in [-0.15, -0.1) is 0 Å². The van der Waals surface area contributed by atoms with Crippen molar-refractivity contribution in [1.29, 1.82) is 0 Å². The standard InChI is InChI=1S/C6H10O4/c1-4(2-5(7)8)3-6(9)10/h4H,2-3H2,1H3,(H,7,8)(H,9,10)/p-2. The highest BCUT2D eigenvalue weighted by Crippen LogP contribution is 2.04. The summed E-state index contributed by atoms with van der Waals surface area (Å²) in [5, 5.41) is 19.7. The largest absolute Gasteiger partial charge is 0.550 e. The van der Waals surface area contributed by atoms with Crippen molar-refractivity contribution in [3.63, 3.8) is 0 Å². The summed E-state index contributed by atoms with van der Waals surface area (Å²) in [6.45, 7) is 1.52. The topological polar surface area (TPSA) is 80.3 Å². The van der Waals surface area contributed by atoms with Gasteiger partial charge in [0, 0.05) is 11.9 Å². The number of hydrogen-bond acceptors (Lipinski definition) is 4.